The second-order valence-corrected chi connectivity index (χ2v) is 10.7. The van der Waals surface area contributed by atoms with Gasteiger partial charge in [0.1, 0.15) is 11.3 Å². The fourth-order valence-corrected chi connectivity index (χ4v) is 6.03. The summed E-state index contributed by atoms with van der Waals surface area (Å²) >= 11 is 0. The number of carbonyl (C=O) groups is 2. The van der Waals surface area contributed by atoms with Crippen LogP contribution in [0.5, 0.6) is 0 Å². The Kier molecular flexibility index (Phi) is 7.84. The van der Waals surface area contributed by atoms with Crippen molar-refractivity contribution in [2.24, 2.45) is 0 Å². The first-order valence-electron chi connectivity index (χ1n) is 14.0. The van der Waals surface area contributed by atoms with Gasteiger partial charge in [-0.2, -0.15) is 5.01 Å². The van der Waals surface area contributed by atoms with Gasteiger partial charge in [-0.25, -0.2) is 14.2 Å². The van der Waals surface area contributed by atoms with Crippen molar-refractivity contribution in [1.29, 1.82) is 0 Å². The van der Waals surface area contributed by atoms with Crippen LogP contribution in [0.1, 0.15) is 22.3 Å². The fourth-order valence-electron chi connectivity index (χ4n) is 6.03. The molecule has 2 N–H and O–H groups in total. The number of fused-ring (bicyclic) bond motifs is 2. The van der Waals surface area contributed by atoms with E-state index < -0.39 is 17.8 Å². The van der Waals surface area contributed by atoms with Crippen LogP contribution in [-0.4, -0.2) is 77.3 Å². The molecule has 2 aliphatic heterocycles. The van der Waals surface area contributed by atoms with E-state index in [4.69, 9.17) is 9.72 Å². The molecule has 2 saturated heterocycles. The Hall–Kier alpha value is -4.38. The number of piperazine rings is 1. The number of aromatic nitrogens is 1. The highest BCUT2D eigenvalue weighted by Crippen LogP contribution is 2.34. The molecule has 1 aromatic heterocycles. The Morgan fingerprint density at radius 3 is 2.50 bits per heavy atom. The quantitative estimate of drug-likeness (QED) is 0.348. The Morgan fingerprint density at radius 2 is 1.76 bits per heavy atom. The molecule has 0 radical (unpaired) electrons. The largest absolute Gasteiger partial charge is 0.451 e. The van der Waals surface area contributed by atoms with Gasteiger partial charge in [-0.05, 0) is 24.6 Å². The molecule has 10 heteroatoms. The van der Waals surface area contributed by atoms with E-state index in [0.717, 1.165) is 23.7 Å². The van der Waals surface area contributed by atoms with E-state index in [1.165, 1.54) is 13.2 Å². The lowest BCUT2D eigenvalue weighted by Gasteiger charge is -2.37. The van der Waals surface area contributed by atoms with Gasteiger partial charge in [0.15, 0.2) is 0 Å². The maximum atomic E-state index is 15.3. The maximum Gasteiger partial charge on any atom is 0.433 e. The van der Waals surface area contributed by atoms with E-state index in [1.54, 1.807) is 42.5 Å². The number of hydrogen-bond donors (Lipinski definition) is 2. The minimum Gasteiger partial charge on any atom is -0.451 e. The van der Waals surface area contributed by atoms with Crippen LogP contribution >= 0.6 is 0 Å². The third-order valence-corrected chi connectivity index (χ3v) is 7.99. The molecule has 3 heterocycles. The summed E-state index contributed by atoms with van der Waals surface area (Å²) in [4.78, 5) is 36.4. The standard InChI is InChI=1S/C32H32FN5O4/c1-42-32(41)38(22-11-6-3-7-12-22)35-31(40)28-25-13-8-14-27(33)30(25)34-29(21-9-4-2-5-10-21)26(28)20-36-15-16-37-19-24(39)17-23(37)18-36/h2-14,23-24,39H,15-20H2,1H3,(H,35,40)/t23?,24-/m0/s1. The highest BCUT2D eigenvalue weighted by atomic mass is 19.1. The number of methoxy groups -OCH3 is 1. The summed E-state index contributed by atoms with van der Waals surface area (Å²) in [6.45, 7) is 3.28. The number of anilines is 1. The Balaban J connectivity index is 1.48. The predicted molar refractivity (Wildman–Crippen MR) is 157 cm³/mol. The summed E-state index contributed by atoms with van der Waals surface area (Å²) in [5.74, 6) is -1.14. The first-order chi connectivity index (χ1) is 20.4. The summed E-state index contributed by atoms with van der Waals surface area (Å²) in [6, 6.07) is 22.8. The molecule has 0 aliphatic carbocycles. The van der Waals surface area contributed by atoms with E-state index >= 15 is 4.39 Å². The number of hydrogen-bond acceptors (Lipinski definition) is 7. The van der Waals surface area contributed by atoms with E-state index in [1.807, 2.05) is 30.3 Å². The molecule has 2 amide bonds. The van der Waals surface area contributed by atoms with Gasteiger partial charge in [0.2, 0.25) is 0 Å². The lowest BCUT2D eigenvalue weighted by Crippen LogP contribution is -2.50. The smallest absolute Gasteiger partial charge is 0.433 e. The zero-order valence-electron chi connectivity index (χ0n) is 23.2. The summed E-state index contributed by atoms with van der Waals surface area (Å²) in [5, 5.41) is 11.6. The van der Waals surface area contributed by atoms with Crippen LogP contribution in [0.4, 0.5) is 14.9 Å². The van der Waals surface area contributed by atoms with Crippen molar-refractivity contribution in [3.63, 3.8) is 0 Å². The summed E-state index contributed by atoms with van der Waals surface area (Å²) < 4.78 is 20.3. The highest BCUT2D eigenvalue weighted by molar-refractivity contribution is 6.10. The average molecular weight is 570 g/mol. The second-order valence-electron chi connectivity index (χ2n) is 10.7. The molecule has 0 bridgehead atoms. The monoisotopic (exact) mass is 569 g/mol. The minimum atomic E-state index is -0.778. The van der Waals surface area contributed by atoms with Crippen LogP contribution in [-0.2, 0) is 11.3 Å². The van der Waals surface area contributed by atoms with Gasteiger partial charge in [-0.15, -0.1) is 0 Å². The third kappa shape index (κ3) is 5.44. The number of carbonyl (C=O) groups excluding carboxylic acids is 2. The summed E-state index contributed by atoms with van der Waals surface area (Å²) in [5.41, 5.74) is 5.30. The molecule has 9 nitrogen and oxygen atoms in total. The van der Waals surface area contributed by atoms with Gasteiger partial charge in [-0.1, -0.05) is 60.7 Å². The van der Waals surface area contributed by atoms with E-state index in [9.17, 15) is 14.7 Å². The summed E-state index contributed by atoms with van der Waals surface area (Å²) in [7, 11) is 1.24. The molecule has 3 aromatic carbocycles. The van der Waals surface area contributed by atoms with E-state index in [-0.39, 0.29) is 23.2 Å². The van der Waals surface area contributed by atoms with Gasteiger partial charge in [0.25, 0.3) is 5.91 Å². The average Bonchev–Trinajstić information content (AvgIpc) is 3.39. The number of nitrogens with one attached hydrogen (secondary N) is 1. The van der Waals surface area contributed by atoms with E-state index in [0.29, 0.717) is 48.4 Å². The van der Waals surface area contributed by atoms with Crippen molar-refractivity contribution >= 4 is 28.6 Å². The SMILES string of the molecule is COC(=O)N(NC(=O)c1c(CN2CCN3C[C@@H](O)CC3C2)c(-c2ccccc2)nc2c(F)cccc12)c1ccccc1. The van der Waals surface area contributed by atoms with Gasteiger partial charge in [0.05, 0.1) is 30.2 Å². The number of ether oxygens (including phenoxy) is 1. The van der Waals surface area contributed by atoms with Gasteiger partial charge >= 0.3 is 6.09 Å². The van der Waals surface area contributed by atoms with Crippen LogP contribution in [0.15, 0.2) is 78.9 Å². The molecular formula is C32H32FN5O4. The Labute approximate surface area is 243 Å². The van der Waals surface area contributed by atoms with Gasteiger partial charge < -0.3 is 9.84 Å². The molecule has 0 spiro atoms. The van der Waals surface area contributed by atoms with Crippen molar-refractivity contribution in [3.8, 4) is 11.3 Å². The zero-order chi connectivity index (χ0) is 29.2. The predicted octanol–water partition coefficient (Wildman–Crippen LogP) is 4.21. The van der Waals surface area contributed by atoms with Crippen molar-refractivity contribution in [3.05, 3.63) is 95.8 Å². The number of para-hydroxylation sites is 2. The molecule has 1 unspecified atom stereocenters. The van der Waals surface area contributed by atoms with Crippen molar-refractivity contribution in [2.75, 3.05) is 38.3 Å². The van der Waals surface area contributed by atoms with Crippen LogP contribution in [0.2, 0.25) is 0 Å². The second kappa shape index (κ2) is 11.8. The third-order valence-electron chi connectivity index (χ3n) is 7.99. The van der Waals surface area contributed by atoms with Crippen LogP contribution in [0.25, 0.3) is 22.2 Å². The molecule has 6 rings (SSSR count). The highest BCUT2D eigenvalue weighted by Gasteiger charge is 2.36. The number of aliphatic hydroxyl groups is 1. The number of benzene rings is 3. The molecule has 4 aromatic rings. The maximum absolute atomic E-state index is 15.3. The molecule has 42 heavy (non-hydrogen) atoms. The number of hydrazine groups is 1. The lowest BCUT2D eigenvalue weighted by molar-refractivity contribution is 0.0920. The molecule has 2 atom stereocenters. The molecule has 2 fully saturated rings. The van der Waals surface area contributed by atoms with Crippen molar-refractivity contribution in [2.45, 2.75) is 25.1 Å². The first-order valence-corrected chi connectivity index (χ1v) is 14.0. The fraction of sp³-hybridized carbons (Fsp3) is 0.281. The normalized spacial score (nSPS) is 18.9. The molecule has 216 valence electrons. The number of aliphatic hydroxyl groups excluding tert-OH is 1. The summed E-state index contributed by atoms with van der Waals surface area (Å²) in [6.07, 6.45) is -0.425. The Bertz CT molecular complexity index is 1600. The topological polar surface area (TPSA) is 98.2 Å². The molecule has 0 saturated carbocycles. The van der Waals surface area contributed by atoms with Gasteiger partial charge in [0, 0.05) is 55.3 Å². The molecular weight excluding hydrogens is 537 g/mol. The van der Waals surface area contributed by atoms with E-state index in [2.05, 4.69) is 15.2 Å². The van der Waals surface area contributed by atoms with Crippen molar-refractivity contribution < 1.29 is 23.8 Å². The van der Waals surface area contributed by atoms with Gasteiger partial charge in [-0.3, -0.25) is 20.0 Å². The van der Waals surface area contributed by atoms with Crippen LogP contribution in [0.3, 0.4) is 0 Å². The number of nitrogens with zero attached hydrogens (tertiary/aromatic N) is 4. The number of halogens is 1. The number of amides is 2. The first kappa shape index (κ1) is 27.8. The lowest BCUT2D eigenvalue weighted by atomic mass is 9.95. The number of pyridine rings is 1. The minimum absolute atomic E-state index is 0.0679. The van der Waals surface area contributed by atoms with Crippen LogP contribution in [0, 0.1) is 5.82 Å². The van der Waals surface area contributed by atoms with Crippen molar-refractivity contribution in [1.82, 2.24) is 20.2 Å². The van der Waals surface area contributed by atoms with Crippen LogP contribution < -0.4 is 10.4 Å². The zero-order valence-corrected chi connectivity index (χ0v) is 23.2. The molecule has 2 aliphatic rings. The number of rotatable bonds is 5. The Morgan fingerprint density at radius 1 is 1.02 bits per heavy atom.